The summed E-state index contributed by atoms with van der Waals surface area (Å²) in [6.07, 6.45) is 0.900. The van der Waals surface area contributed by atoms with Crippen LogP contribution in [0.5, 0.6) is 17.2 Å². The van der Waals surface area contributed by atoms with E-state index in [1.807, 2.05) is 30.3 Å². The Labute approximate surface area is 146 Å². The van der Waals surface area contributed by atoms with Gasteiger partial charge in [-0.15, -0.1) is 10.2 Å². The highest BCUT2D eigenvalue weighted by Crippen LogP contribution is 2.31. The second kappa shape index (κ2) is 7.70. The first-order chi connectivity index (χ1) is 12.2. The highest BCUT2D eigenvalue weighted by molar-refractivity contribution is 5.59. The summed E-state index contributed by atoms with van der Waals surface area (Å²) in [5.74, 6) is 2.90. The van der Waals surface area contributed by atoms with Gasteiger partial charge >= 0.3 is 0 Å². The Bertz CT molecular complexity index is 845. The number of nitrogens with zero attached hydrogens (tertiary/aromatic N) is 2. The second-order valence-corrected chi connectivity index (χ2v) is 5.32. The zero-order valence-electron chi connectivity index (χ0n) is 14.5. The molecule has 1 heterocycles. The first kappa shape index (κ1) is 16.8. The molecule has 2 aromatic carbocycles. The zero-order valence-corrected chi connectivity index (χ0v) is 14.5. The summed E-state index contributed by atoms with van der Waals surface area (Å²) >= 11 is 0. The predicted octanol–water partition coefficient (Wildman–Crippen LogP) is 3.90. The van der Waals surface area contributed by atoms with Crippen molar-refractivity contribution in [3.63, 3.8) is 0 Å². The van der Waals surface area contributed by atoms with Crippen LogP contribution in [0.1, 0.15) is 18.4 Å². The Kier molecular flexibility index (Phi) is 5.18. The van der Waals surface area contributed by atoms with Crippen LogP contribution in [0, 0.1) is 0 Å². The van der Waals surface area contributed by atoms with Crippen LogP contribution in [-0.4, -0.2) is 24.4 Å². The molecule has 0 aliphatic heterocycles. The van der Waals surface area contributed by atoms with E-state index in [9.17, 15) is 0 Å². The first-order valence-electron chi connectivity index (χ1n) is 8.00. The summed E-state index contributed by atoms with van der Waals surface area (Å²) in [6.45, 7) is 2.31. The smallest absolute Gasteiger partial charge is 0.254 e. The minimum absolute atomic E-state index is 0.220. The molecule has 0 atom stereocenters. The van der Waals surface area contributed by atoms with E-state index in [2.05, 4.69) is 17.1 Å². The van der Waals surface area contributed by atoms with Crippen LogP contribution in [0.3, 0.4) is 0 Å². The van der Waals surface area contributed by atoms with Gasteiger partial charge in [-0.05, 0) is 36.2 Å². The maximum absolute atomic E-state index is 5.80. The fraction of sp³-hybridized carbons (Fsp3) is 0.263. The van der Waals surface area contributed by atoms with Gasteiger partial charge in [-0.25, -0.2) is 0 Å². The Morgan fingerprint density at radius 1 is 0.920 bits per heavy atom. The molecule has 3 aromatic rings. The van der Waals surface area contributed by atoms with Crippen LogP contribution in [0.25, 0.3) is 11.5 Å². The Balaban J connectivity index is 1.74. The van der Waals surface area contributed by atoms with E-state index in [0.717, 1.165) is 23.3 Å². The van der Waals surface area contributed by atoms with Gasteiger partial charge in [-0.2, -0.15) is 0 Å². The van der Waals surface area contributed by atoms with Crippen molar-refractivity contribution in [3.8, 4) is 28.7 Å². The molecule has 0 N–H and O–H groups in total. The molecule has 0 saturated heterocycles. The summed E-state index contributed by atoms with van der Waals surface area (Å²) in [5.41, 5.74) is 1.90. The van der Waals surface area contributed by atoms with E-state index >= 15 is 0 Å². The van der Waals surface area contributed by atoms with E-state index in [0.29, 0.717) is 23.3 Å². The molecule has 0 spiro atoms. The molecule has 0 bridgehead atoms. The number of aromatic nitrogens is 2. The van der Waals surface area contributed by atoms with Crippen LogP contribution in [0.2, 0.25) is 0 Å². The van der Waals surface area contributed by atoms with Crippen LogP contribution in [-0.2, 0) is 13.0 Å². The Morgan fingerprint density at radius 2 is 1.72 bits per heavy atom. The lowest BCUT2D eigenvalue weighted by atomic mass is 10.1. The second-order valence-electron chi connectivity index (χ2n) is 5.32. The molecule has 0 saturated carbocycles. The van der Waals surface area contributed by atoms with Crippen molar-refractivity contribution in [1.82, 2.24) is 10.2 Å². The number of hydrogen-bond donors (Lipinski definition) is 0. The monoisotopic (exact) mass is 340 g/mol. The first-order valence-corrected chi connectivity index (χ1v) is 8.00. The average Bonchev–Trinajstić information content (AvgIpc) is 3.15. The van der Waals surface area contributed by atoms with Gasteiger partial charge in [-0.1, -0.05) is 25.1 Å². The molecule has 1 aromatic heterocycles. The van der Waals surface area contributed by atoms with Gasteiger partial charge in [0.1, 0.15) is 5.75 Å². The third-order valence-electron chi connectivity index (χ3n) is 3.80. The van der Waals surface area contributed by atoms with Gasteiger partial charge in [0.15, 0.2) is 18.1 Å². The third kappa shape index (κ3) is 3.74. The SMILES string of the molecule is CCc1ccccc1OCc1nnc(-c2ccc(OC)c(OC)c2)o1. The molecule has 0 unspecified atom stereocenters. The molecule has 0 aliphatic rings. The van der Waals surface area contributed by atoms with Gasteiger partial charge in [0.05, 0.1) is 14.2 Å². The van der Waals surface area contributed by atoms with Gasteiger partial charge in [0, 0.05) is 5.56 Å². The number of aryl methyl sites for hydroxylation is 1. The van der Waals surface area contributed by atoms with Crippen molar-refractivity contribution in [2.75, 3.05) is 14.2 Å². The largest absolute Gasteiger partial charge is 0.493 e. The van der Waals surface area contributed by atoms with Crippen LogP contribution in [0.15, 0.2) is 46.9 Å². The van der Waals surface area contributed by atoms with E-state index in [4.69, 9.17) is 18.6 Å². The maximum Gasteiger partial charge on any atom is 0.254 e. The van der Waals surface area contributed by atoms with Crippen molar-refractivity contribution in [2.24, 2.45) is 0 Å². The van der Waals surface area contributed by atoms with Gasteiger partial charge < -0.3 is 18.6 Å². The Morgan fingerprint density at radius 3 is 2.48 bits per heavy atom. The highest BCUT2D eigenvalue weighted by Gasteiger charge is 2.13. The number of ether oxygens (including phenoxy) is 3. The normalized spacial score (nSPS) is 10.5. The lowest BCUT2D eigenvalue weighted by Crippen LogP contribution is -1.98. The van der Waals surface area contributed by atoms with Crippen LogP contribution >= 0.6 is 0 Å². The number of rotatable bonds is 7. The lowest BCUT2D eigenvalue weighted by molar-refractivity contribution is 0.262. The minimum Gasteiger partial charge on any atom is -0.493 e. The molecule has 0 amide bonds. The standard InChI is InChI=1S/C19H20N2O4/c1-4-13-7-5-6-8-15(13)24-12-18-20-21-19(25-18)14-9-10-16(22-2)17(11-14)23-3/h5-11H,4,12H2,1-3H3. The molecule has 6 nitrogen and oxygen atoms in total. The van der Waals surface area contributed by atoms with Crippen LogP contribution < -0.4 is 14.2 Å². The van der Waals surface area contributed by atoms with E-state index in [1.54, 1.807) is 26.4 Å². The van der Waals surface area contributed by atoms with Crippen molar-refractivity contribution >= 4 is 0 Å². The number of methoxy groups -OCH3 is 2. The molecule has 3 rings (SSSR count). The molecular weight excluding hydrogens is 320 g/mol. The van der Waals surface area contributed by atoms with E-state index in [-0.39, 0.29) is 6.61 Å². The number of para-hydroxylation sites is 1. The summed E-state index contributed by atoms with van der Waals surface area (Å²) in [4.78, 5) is 0. The molecular formula is C19H20N2O4. The van der Waals surface area contributed by atoms with Gasteiger partial charge in [-0.3, -0.25) is 0 Å². The number of benzene rings is 2. The predicted molar refractivity (Wildman–Crippen MR) is 93.0 cm³/mol. The molecule has 25 heavy (non-hydrogen) atoms. The number of hydrogen-bond acceptors (Lipinski definition) is 6. The zero-order chi connectivity index (χ0) is 17.6. The molecule has 0 aliphatic carbocycles. The fourth-order valence-electron chi connectivity index (χ4n) is 2.47. The highest BCUT2D eigenvalue weighted by atomic mass is 16.5. The summed E-state index contributed by atoms with van der Waals surface area (Å²) in [7, 11) is 3.17. The van der Waals surface area contributed by atoms with Crippen molar-refractivity contribution in [2.45, 2.75) is 20.0 Å². The third-order valence-corrected chi connectivity index (χ3v) is 3.80. The topological polar surface area (TPSA) is 66.6 Å². The van der Waals surface area contributed by atoms with Crippen molar-refractivity contribution in [3.05, 3.63) is 53.9 Å². The van der Waals surface area contributed by atoms with Gasteiger partial charge in [0.25, 0.3) is 5.89 Å². The molecule has 0 fully saturated rings. The van der Waals surface area contributed by atoms with Crippen molar-refractivity contribution in [1.29, 1.82) is 0 Å². The molecule has 0 radical (unpaired) electrons. The fourth-order valence-corrected chi connectivity index (χ4v) is 2.47. The Hall–Kier alpha value is -3.02. The minimum atomic E-state index is 0.220. The summed E-state index contributed by atoms with van der Waals surface area (Å²) in [6, 6.07) is 13.3. The molecule has 130 valence electrons. The lowest BCUT2D eigenvalue weighted by Gasteiger charge is -2.08. The van der Waals surface area contributed by atoms with E-state index in [1.165, 1.54) is 0 Å². The van der Waals surface area contributed by atoms with Crippen molar-refractivity contribution < 1.29 is 18.6 Å². The van der Waals surface area contributed by atoms with Gasteiger partial charge in [0.2, 0.25) is 5.89 Å². The summed E-state index contributed by atoms with van der Waals surface area (Å²) < 4.78 is 22.0. The average molecular weight is 340 g/mol. The van der Waals surface area contributed by atoms with E-state index < -0.39 is 0 Å². The maximum atomic E-state index is 5.80. The summed E-state index contributed by atoms with van der Waals surface area (Å²) in [5, 5.41) is 8.13. The quantitative estimate of drug-likeness (QED) is 0.650. The molecule has 6 heteroatoms. The van der Waals surface area contributed by atoms with Crippen LogP contribution in [0.4, 0.5) is 0 Å².